The molecule has 1 heterocycles. The third-order valence-electron chi connectivity index (χ3n) is 3.94. The predicted molar refractivity (Wildman–Crippen MR) is 73.1 cm³/mol. The third-order valence-corrected chi connectivity index (χ3v) is 3.94. The van der Waals surface area contributed by atoms with Crippen molar-refractivity contribution in [3.63, 3.8) is 0 Å². The third kappa shape index (κ3) is 3.33. The van der Waals surface area contributed by atoms with Gasteiger partial charge in [-0.05, 0) is 31.7 Å². The molecular weight excluding hydrogens is 224 g/mol. The van der Waals surface area contributed by atoms with Crippen LogP contribution in [0.15, 0.2) is 30.3 Å². The van der Waals surface area contributed by atoms with Gasteiger partial charge in [-0.3, -0.25) is 9.69 Å². The molecule has 0 radical (unpaired) electrons. The summed E-state index contributed by atoms with van der Waals surface area (Å²) < 4.78 is 0. The van der Waals surface area contributed by atoms with E-state index >= 15 is 0 Å². The first-order valence-electron chi connectivity index (χ1n) is 6.74. The average Bonchev–Trinajstić information content (AvgIpc) is 2.38. The van der Waals surface area contributed by atoms with Crippen molar-refractivity contribution >= 4 is 5.91 Å². The molecule has 1 aromatic carbocycles. The molecular formula is C15H22N2O. The molecule has 2 N–H and O–H groups in total. The van der Waals surface area contributed by atoms with Crippen molar-refractivity contribution in [2.75, 3.05) is 13.1 Å². The maximum Gasteiger partial charge on any atom is 0.221 e. The van der Waals surface area contributed by atoms with Crippen LogP contribution in [0, 0.1) is 5.92 Å². The second kappa shape index (κ2) is 6.01. The fourth-order valence-corrected chi connectivity index (χ4v) is 2.64. The highest BCUT2D eigenvalue weighted by Crippen LogP contribution is 2.21. The monoisotopic (exact) mass is 246 g/mol. The van der Waals surface area contributed by atoms with Gasteiger partial charge in [-0.2, -0.15) is 0 Å². The summed E-state index contributed by atoms with van der Waals surface area (Å²) in [6.45, 7) is 4.07. The van der Waals surface area contributed by atoms with Gasteiger partial charge in [0.25, 0.3) is 0 Å². The van der Waals surface area contributed by atoms with E-state index in [2.05, 4.69) is 36.1 Å². The Bertz CT molecular complexity index is 391. The Kier molecular flexibility index (Phi) is 4.37. The van der Waals surface area contributed by atoms with Crippen molar-refractivity contribution in [3.05, 3.63) is 35.9 Å². The summed E-state index contributed by atoms with van der Waals surface area (Å²) in [5.74, 6) is -0.108. The number of likely N-dealkylation sites (tertiary alicyclic amines) is 1. The molecule has 1 aliphatic heterocycles. The highest BCUT2D eigenvalue weighted by Gasteiger charge is 2.27. The van der Waals surface area contributed by atoms with E-state index in [-0.39, 0.29) is 11.8 Å². The summed E-state index contributed by atoms with van der Waals surface area (Å²) in [4.78, 5) is 13.7. The zero-order valence-corrected chi connectivity index (χ0v) is 11.0. The topological polar surface area (TPSA) is 46.3 Å². The van der Waals surface area contributed by atoms with Gasteiger partial charge in [0.2, 0.25) is 5.91 Å². The van der Waals surface area contributed by atoms with Gasteiger partial charge in [0.05, 0.1) is 5.92 Å². The number of primary amides is 1. The Morgan fingerprint density at radius 3 is 2.72 bits per heavy atom. The van der Waals surface area contributed by atoms with Crippen LogP contribution < -0.4 is 5.73 Å². The molecule has 0 aliphatic carbocycles. The average molecular weight is 246 g/mol. The lowest BCUT2D eigenvalue weighted by molar-refractivity contribution is -0.123. The summed E-state index contributed by atoms with van der Waals surface area (Å²) in [5, 5.41) is 0. The Morgan fingerprint density at radius 2 is 2.06 bits per heavy atom. The molecule has 0 aromatic heterocycles. The number of amides is 1. The number of carbonyl (C=O) groups is 1. The fraction of sp³-hybridized carbons (Fsp3) is 0.533. The molecule has 3 heteroatoms. The quantitative estimate of drug-likeness (QED) is 0.880. The lowest BCUT2D eigenvalue weighted by atomic mass is 9.92. The lowest BCUT2D eigenvalue weighted by Gasteiger charge is -2.36. The predicted octanol–water partition coefficient (Wildman–Crippen LogP) is 1.81. The maximum atomic E-state index is 11.3. The Labute approximate surface area is 109 Å². The SMILES string of the molecule is C[C@@H]1CC[C@H](C(N)=O)CN1CCc1ccccc1. The number of nitrogens with zero attached hydrogens (tertiary/aromatic N) is 1. The minimum atomic E-state index is -0.147. The molecule has 1 aliphatic rings. The standard InChI is InChI=1S/C15H22N2O/c1-12-7-8-14(15(16)18)11-17(12)10-9-13-5-3-2-4-6-13/h2-6,12,14H,7-11H2,1H3,(H2,16,18)/t12-,14+/m1/s1. The zero-order chi connectivity index (χ0) is 13.0. The summed E-state index contributed by atoms with van der Waals surface area (Å²) in [6, 6.07) is 11.0. The first-order valence-corrected chi connectivity index (χ1v) is 6.74. The molecule has 3 nitrogen and oxygen atoms in total. The largest absolute Gasteiger partial charge is 0.369 e. The first-order chi connectivity index (χ1) is 8.66. The van der Waals surface area contributed by atoms with Crippen molar-refractivity contribution in [3.8, 4) is 0 Å². The second-order valence-corrected chi connectivity index (χ2v) is 5.26. The van der Waals surface area contributed by atoms with Crippen LogP contribution in [0.25, 0.3) is 0 Å². The molecule has 1 aromatic rings. The number of hydrogen-bond donors (Lipinski definition) is 1. The molecule has 1 saturated heterocycles. The molecule has 0 saturated carbocycles. The molecule has 2 atom stereocenters. The molecule has 1 amide bonds. The van der Waals surface area contributed by atoms with Crippen LogP contribution in [0.1, 0.15) is 25.3 Å². The Morgan fingerprint density at radius 1 is 1.33 bits per heavy atom. The molecule has 98 valence electrons. The van der Waals surface area contributed by atoms with Gasteiger partial charge in [0.1, 0.15) is 0 Å². The Balaban J connectivity index is 1.89. The summed E-state index contributed by atoms with van der Waals surface area (Å²) >= 11 is 0. The number of benzene rings is 1. The van der Waals surface area contributed by atoms with Crippen molar-refractivity contribution in [1.29, 1.82) is 0 Å². The van der Waals surface area contributed by atoms with Gasteiger partial charge in [-0.25, -0.2) is 0 Å². The van der Waals surface area contributed by atoms with E-state index in [1.165, 1.54) is 5.56 Å². The van der Waals surface area contributed by atoms with Crippen LogP contribution in [0.4, 0.5) is 0 Å². The normalized spacial score (nSPS) is 24.9. The first kappa shape index (κ1) is 13.1. The molecule has 0 spiro atoms. The van der Waals surface area contributed by atoms with Crippen molar-refractivity contribution in [1.82, 2.24) is 4.90 Å². The molecule has 1 fully saturated rings. The summed E-state index contributed by atoms with van der Waals surface area (Å²) in [6.07, 6.45) is 3.05. The van der Waals surface area contributed by atoms with E-state index in [0.717, 1.165) is 32.4 Å². The van der Waals surface area contributed by atoms with E-state index in [1.54, 1.807) is 0 Å². The number of hydrogen-bond acceptors (Lipinski definition) is 2. The van der Waals surface area contributed by atoms with Crippen LogP contribution in [-0.2, 0) is 11.2 Å². The lowest BCUT2D eigenvalue weighted by Crippen LogP contribution is -2.46. The number of piperidine rings is 1. The molecule has 2 rings (SSSR count). The fourth-order valence-electron chi connectivity index (χ4n) is 2.64. The van der Waals surface area contributed by atoms with Gasteiger partial charge in [0, 0.05) is 19.1 Å². The summed E-state index contributed by atoms with van der Waals surface area (Å²) in [7, 11) is 0. The number of nitrogens with two attached hydrogens (primary N) is 1. The van der Waals surface area contributed by atoms with Crippen molar-refractivity contribution in [2.24, 2.45) is 11.7 Å². The molecule has 0 unspecified atom stereocenters. The maximum absolute atomic E-state index is 11.3. The van der Waals surface area contributed by atoms with Crippen molar-refractivity contribution in [2.45, 2.75) is 32.2 Å². The van der Waals surface area contributed by atoms with Crippen molar-refractivity contribution < 1.29 is 4.79 Å². The number of carbonyl (C=O) groups excluding carboxylic acids is 1. The van der Waals surface area contributed by atoms with E-state index in [0.29, 0.717) is 6.04 Å². The van der Waals surface area contributed by atoms with Gasteiger partial charge in [-0.15, -0.1) is 0 Å². The van der Waals surface area contributed by atoms with Gasteiger partial charge < -0.3 is 5.73 Å². The molecule has 18 heavy (non-hydrogen) atoms. The minimum Gasteiger partial charge on any atom is -0.369 e. The van der Waals surface area contributed by atoms with Crippen LogP contribution in [-0.4, -0.2) is 29.9 Å². The van der Waals surface area contributed by atoms with E-state index < -0.39 is 0 Å². The number of rotatable bonds is 4. The van der Waals surface area contributed by atoms with Crippen LogP contribution in [0.3, 0.4) is 0 Å². The molecule has 0 bridgehead atoms. The van der Waals surface area contributed by atoms with Crippen LogP contribution >= 0.6 is 0 Å². The van der Waals surface area contributed by atoms with Gasteiger partial charge in [-0.1, -0.05) is 30.3 Å². The van der Waals surface area contributed by atoms with E-state index in [1.807, 2.05) is 6.07 Å². The smallest absolute Gasteiger partial charge is 0.221 e. The van der Waals surface area contributed by atoms with E-state index in [4.69, 9.17) is 5.73 Å². The van der Waals surface area contributed by atoms with Gasteiger partial charge in [0.15, 0.2) is 0 Å². The summed E-state index contributed by atoms with van der Waals surface area (Å²) in [5.41, 5.74) is 6.77. The highest BCUT2D eigenvalue weighted by molar-refractivity contribution is 5.76. The minimum absolute atomic E-state index is 0.0389. The van der Waals surface area contributed by atoms with Gasteiger partial charge >= 0.3 is 0 Å². The van der Waals surface area contributed by atoms with Crippen LogP contribution in [0.2, 0.25) is 0 Å². The van der Waals surface area contributed by atoms with E-state index in [9.17, 15) is 4.79 Å². The highest BCUT2D eigenvalue weighted by atomic mass is 16.1. The Hall–Kier alpha value is -1.35. The second-order valence-electron chi connectivity index (χ2n) is 5.26. The van der Waals surface area contributed by atoms with Crippen LogP contribution in [0.5, 0.6) is 0 Å². The zero-order valence-electron chi connectivity index (χ0n) is 11.0.